The lowest BCUT2D eigenvalue weighted by Gasteiger charge is -2.25. The number of ether oxygens (including phenoxy) is 1. The molecule has 1 unspecified atom stereocenters. The molecule has 101 valence electrons. The van der Waals surface area contributed by atoms with Gasteiger partial charge in [0.1, 0.15) is 12.2 Å². The van der Waals surface area contributed by atoms with Crippen molar-refractivity contribution in [2.24, 2.45) is 11.8 Å². The first-order valence-corrected chi connectivity index (χ1v) is 5.75. The highest BCUT2D eigenvalue weighted by Crippen LogP contribution is 2.50. The lowest BCUT2D eigenvalue weighted by Crippen LogP contribution is -2.46. The Morgan fingerprint density at radius 2 is 2.00 bits per heavy atom. The average Bonchev–Trinajstić information content (AvgIpc) is 2.51. The molecule has 1 aliphatic heterocycles. The van der Waals surface area contributed by atoms with E-state index >= 15 is 0 Å². The molecule has 12 heteroatoms. The fourth-order valence-electron chi connectivity index (χ4n) is 1.29. The third-order valence-corrected chi connectivity index (χ3v) is 3.09. The summed E-state index contributed by atoms with van der Waals surface area (Å²) < 4.78 is 28.1. The Hall–Kier alpha value is -0.170. The van der Waals surface area contributed by atoms with E-state index < -0.39 is 38.7 Å². The molecule has 1 rings (SSSR count). The molecule has 8 N–H and O–H groups in total. The van der Waals surface area contributed by atoms with Crippen LogP contribution in [0.1, 0.15) is 0 Å². The summed E-state index contributed by atoms with van der Waals surface area (Å²) in [5.74, 6) is 6.41. The Morgan fingerprint density at radius 3 is 2.35 bits per heavy atom. The molecule has 4 atom stereocenters. The molecule has 1 aliphatic rings. The summed E-state index contributed by atoms with van der Waals surface area (Å²) in [5.41, 5.74) is 7.26. The van der Waals surface area contributed by atoms with E-state index in [1.807, 2.05) is 0 Å². The highest BCUT2D eigenvalue weighted by Gasteiger charge is 2.56. The van der Waals surface area contributed by atoms with Crippen LogP contribution in [0.2, 0.25) is 0 Å². The molecule has 0 saturated carbocycles. The standard InChI is InChI=1S/C5H13N3O8P/c6-5(11)4(3(10)2(1-9)13-5)14-17(12,15-7)16-8/h2-4,6,9-11H,1,7-8H2/t2-,3-,4-,5?/m1/s1. The predicted molar refractivity (Wildman–Crippen MR) is 49.0 cm³/mol. The number of aliphatic hydroxyl groups excluding tert-OH is 2. The Balaban J connectivity index is 2.85. The Kier molecular flexibility index (Phi) is 4.57. The minimum Gasteiger partial charge on any atom is -0.394 e. The van der Waals surface area contributed by atoms with Crippen molar-refractivity contribution in [3.8, 4) is 0 Å². The second-order valence-corrected chi connectivity index (χ2v) is 4.74. The number of nitrogens with one attached hydrogen (secondary N) is 1. The molecule has 0 aromatic rings. The van der Waals surface area contributed by atoms with Gasteiger partial charge in [-0.1, -0.05) is 0 Å². The summed E-state index contributed by atoms with van der Waals surface area (Å²) in [6.45, 7) is -0.695. The van der Waals surface area contributed by atoms with Gasteiger partial charge in [0.2, 0.25) is 0 Å². The molecule has 0 spiro atoms. The maximum Gasteiger partial charge on any atom is 0.508 e. The molecule has 0 bridgehead atoms. The molecule has 1 heterocycles. The second kappa shape index (κ2) is 5.22. The molecule has 0 amide bonds. The minimum atomic E-state index is -4.43. The topological polar surface area (TPSA) is 191 Å². The van der Waals surface area contributed by atoms with Gasteiger partial charge in [-0.25, -0.2) is 16.4 Å². The minimum absolute atomic E-state index is 0.695. The van der Waals surface area contributed by atoms with Gasteiger partial charge in [-0.05, 0) is 0 Å². The van der Waals surface area contributed by atoms with Crippen molar-refractivity contribution in [1.82, 2.24) is 5.73 Å². The van der Waals surface area contributed by atoms with Crippen LogP contribution in [0.3, 0.4) is 0 Å². The zero-order valence-corrected chi connectivity index (χ0v) is 9.32. The highest BCUT2D eigenvalue weighted by molar-refractivity contribution is 7.48. The fourth-order valence-corrected chi connectivity index (χ4v) is 1.98. The number of rotatable bonds is 5. The second-order valence-electron chi connectivity index (χ2n) is 3.21. The zero-order valence-electron chi connectivity index (χ0n) is 8.42. The number of phosphoric acid groups is 1. The van der Waals surface area contributed by atoms with Gasteiger partial charge in [-0.15, -0.1) is 0 Å². The van der Waals surface area contributed by atoms with Gasteiger partial charge in [-0.2, -0.15) is 15.0 Å². The summed E-state index contributed by atoms with van der Waals surface area (Å²) in [6.07, 6.45) is -4.80. The molecule has 0 aromatic carbocycles. The van der Waals surface area contributed by atoms with Crippen LogP contribution >= 0.6 is 7.82 Å². The summed E-state index contributed by atoms with van der Waals surface area (Å²) in [5, 5.41) is 27.7. The van der Waals surface area contributed by atoms with Crippen molar-refractivity contribution in [2.75, 3.05) is 6.61 Å². The van der Waals surface area contributed by atoms with Crippen LogP contribution in [0.15, 0.2) is 0 Å². The van der Waals surface area contributed by atoms with Crippen molar-refractivity contribution in [3.63, 3.8) is 0 Å². The average molecular weight is 274 g/mol. The number of hydrogen-bond donors (Lipinski definition) is 5. The molecule has 17 heavy (non-hydrogen) atoms. The predicted octanol–water partition coefficient (Wildman–Crippen LogP) is -3.06. The van der Waals surface area contributed by atoms with E-state index in [-0.39, 0.29) is 0 Å². The molecule has 1 saturated heterocycles. The van der Waals surface area contributed by atoms with Crippen LogP contribution in [-0.4, -0.2) is 46.1 Å². The lowest BCUT2D eigenvalue weighted by molar-refractivity contribution is -0.229. The fraction of sp³-hybridized carbons (Fsp3) is 1.00. The van der Waals surface area contributed by atoms with E-state index in [2.05, 4.69) is 30.3 Å². The van der Waals surface area contributed by atoms with Gasteiger partial charge < -0.3 is 20.1 Å². The van der Waals surface area contributed by atoms with E-state index in [0.29, 0.717) is 0 Å². The first kappa shape index (κ1) is 14.9. The maximum absolute atomic E-state index is 11.4. The summed E-state index contributed by atoms with van der Waals surface area (Å²) in [4.78, 5) is 0. The smallest absolute Gasteiger partial charge is 0.394 e. The summed E-state index contributed by atoms with van der Waals surface area (Å²) in [7, 11) is -4.43. The Bertz CT molecular complexity index is 306. The van der Waals surface area contributed by atoms with Crippen LogP contribution in [0, 0.1) is 0 Å². The Morgan fingerprint density at radius 1 is 1.47 bits per heavy atom. The Labute approximate surface area is 95.5 Å². The molecular weight excluding hydrogens is 261 g/mol. The molecule has 1 radical (unpaired) electrons. The first-order valence-electron chi connectivity index (χ1n) is 4.29. The van der Waals surface area contributed by atoms with Gasteiger partial charge in [0.25, 0.3) is 5.91 Å². The van der Waals surface area contributed by atoms with Crippen LogP contribution in [-0.2, 0) is 23.1 Å². The van der Waals surface area contributed by atoms with Gasteiger partial charge in [0.15, 0.2) is 6.10 Å². The summed E-state index contributed by atoms with van der Waals surface area (Å²) in [6, 6.07) is 0. The van der Waals surface area contributed by atoms with Crippen molar-refractivity contribution >= 4 is 7.82 Å². The van der Waals surface area contributed by atoms with E-state index in [4.69, 9.17) is 10.8 Å². The molecule has 1 fully saturated rings. The van der Waals surface area contributed by atoms with E-state index in [1.54, 1.807) is 0 Å². The van der Waals surface area contributed by atoms with Crippen molar-refractivity contribution in [1.29, 1.82) is 0 Å². The maximum atomic E-state index is 11.4. The summed E-state index contributed by atoms with van der Waals surface area (Å²) >= 11 is 0. The number of hydrogen-bond acceptors (Lipinski definition) is 10. The van der Waals surface area contributed by atoms with Crippen molar-refractivity contribution in [2.45, 2.75) is 24.2 Å². The third-order valence-electron chi connectivity index (χ3n) is 2.09. The molecule has 0 aliphatic carbocycles. The van der Waals surface area contributed by atoms with Crippen LogP contribution in [0.4, 0.5) is 0 Å². The lowest BCUT2D eigenvalue weighted by atomic mass is 10.1. The largest absolute Gasteiger partial charge is 0.508 e. The van der Waals surface area contributed by atoms with E-state index in [9.17, 15) is 14.8 Å². The third kappa shape index (κ3) is 2.99. The number of aliphatic hydroxyl groups is 3. The van der Waals surface area contributed by atoms with Crippen molar-refractivity contribution < 1.29 is 38.4 Å². The van der Waals surface area contributed by atoms with Crippen molar-refractivity contribution in [3.05, 3.63) is 0 Å². The van der Waals surface area contributed by atoms with Gasteiger partial charge in [0, 0.05) is 0 Å². The van der Waals surface area contributed by atoms with E-state index in [0.717, 1.165) is 0 Å². The van der Waals surface area contributed by atoms with Crippen LogP contribution in [0.5, 0.6) is 0 Å². The quantitative estimate of drug-likeness (QED) is 0.254. The normalized spacial score (nSPS) is 38.6. The molecule has 11 nitrogen and oxygen atoms in total. The molecular formula is C5H13N3O8P. The van der Waals surface area contributed by atoms with Crippen LogP contribution < -0.4 is 17.5 Å². The van der Waals surface area contributed by atoms with Crippen LogP contribution in [0.25, 0.3) is 0 Å². The first-order chi connectivity index (χ1) is 7.79. The van der Waals surface area contributed by atoms with E-state index in [1.165, 1.54) is 0 Å². The monoisotopic (exact) mass is 274 g/mol. The van der Waals surface area contributed by atoms with Gasteiger partial charge in [-0.3, -0.25) is 4.52 Å². The van der Waals surface area contributed by atoms with Gasteiger partial charge >= 0.3 is 7.82 Å². The van der Waals surface area contributed by atoms with Gasteiger partial charge in [0.05, 0.1) is 6.61 Å². The zero-order chi connectivity index (χ0) is 13.3. The highest BCUT2D eigenvalue weighted by atomic mass is 31.2. The molecule has 0 aromatic heterocycles. The number of nitrogens with two attached hydrogens (primary N) is 2. The SMILES string of the molecule is [NH]C1(O)O[C@H](CO)[C@@H](O)[C@H]1OP(=O)(ON)ON.